The van der Waals surface area contributed by atoms with Crippen molar-refractivity contribution in [1.29, 1.82) is 0 Å². The topological polar surface area (TPSA) is 19.7 Å². The predicted molar refractivity (Wildman–Crippen MR) is 474 cm³/mol. The van der Waals surface area contributed by atoms with Crippen molar-refractivity contribution in [3.63, 3.8) is 0 Å². The number of hydrogen-bond acceptors (Lipinski definition) is 0. The van der Waals surface area contributed by atoms with Gasteiger partial charge < -0.3 is 18.3 Å². The van der Waals surface area contributed by atoms with Crippen molar-refractivity contribution in [3.05, 3.63) is 437 Å². The molecule has 4 heteroatoms. The molecule has 4 aromatic heterocycles. The summed E-state index contributed by atoms with van der Waals surface area (Å²) in [5.41, 5.74) is 33.5. The second-order valence-electron chi connectivity index (χ2n) is 29.2. The Hall–Kier alpha value is -14.8. The Balaban J connectivity index is 0.000000142. The molecule has 18 aromatic carbocycles. The number of benzene rings is 18. The van der Waals surface area contributed by atoms with E-state index >= 15 is 0 Å². The summed E-state index contributed by atoms with van der Waals surface area (Å²) < 4.78 is 9.69. The van der Waals surface area contributed by atoms with Gasteiger partial charge in [0.15, 0.2) is 0 Å². The SMILES string of the molecule is c1ccc(-c2cccc(-c3cccc(-c4ccc5c(c4)c4cc(-c6cccc(-c7cccc(-c8ccccc8)c7)c6)ccc4n5-c4ccccc4)c3)c2)cc1.c1ccc(-c2cccc(-c3cccc(-n4c5ccc(-n6c7ccccc7c7ccccc76)cc5c5cc(-n6c7ccccc7c7ccccc76)ccc54)c3)c2)cc1. The van der Waals surface area contributed by atoms with Crippen molar-refractivity contribution in [3.8, 4) is 112 Å². The first-order valence-corrected chi connectivity index (χ1v) is 38.5. The molecule has 22 aromatic rings. The molecule has 0 amide bonds. The van der Waals surface area contributed by atoms with Gasteiger partial charge in [-0.2, -0.15) is 0 Å². The molecule has 0 spiro atoms. The summed E-state index contributed by atoms with van der Waals surface area (Å²) >= 11 is 0. The number of aromatic nitrogens is 4. The van der Waals surface area contributed by atoms with Gasteiger partial charge in [0.1, 0.15) is 0 Å². The highest BCUT2D eigenvalue weighted by Gasteiger charge is 2.22. The third-order valence-corrected chi connectivity index (χ3v) is 22.6. The zero-order chi connectivity index (χ0) is 74.0. The molecule has 0 aliphatic rings. The van der Waals surface area contributed by atoms with Crippen molar-refractivity contribution in [2.24, 2.45) is 0 Å². The molecule has 0 bridgehead atoms. The van der Waals surface area contributed by atoms with Crippen LogP contribution >= 0.6 is 0 Å². The molecule has 112 heavy (non-hydrogen) atoms. The van der Waals surface area contributed by atoms with Crippen molar-refractivity contribution < 1.29 is 0 Å². The van der Waals surface area contributed by atoms with E-state index in [2.05, 4.69) is 455 Å². The normalized spacial score (nSPS) is 11.6. The van der Waals surface area contributed by atoms with Crippen LogP contribution in [0, 0.1) is 0 Å². The smallest absolute Gasteiger partial charge is 0.0542 e. The molecule has 4 heterocycles. The lowest BCUT2D eigenvalue weighted by Crippen LogP contribution is -1.96. The number of fused-ring (bicyclic) bond motifs is 12. The minimum atomic E-state index is 1.13. The molecule has 0 saturated carbocycles. The average molecular weight is 1430 g/mol. The van der Waals surface area contributed by atoms with Gasteiger partial charge in [0.05, 0.1) is 44.1 Å². The molecule has 0 radical (unpaired) electrons. The Bertz CT molecular complexity index is 6900. The first kappa shape index (κ1) is 65.5. The maximum absolute atomic E-state index is 2.44. The standard InChI is InChI=1S/C54H35N3.C54H37N/c1-2-14-36(15-3-1)37-16-12-17-38(32-37)39-18-13-19-40(33-39)55-53-30-28-41(56-49-24-8-4-20-43(49)44-21-5-9-25-50(44)56)34-47(53)48-35-42(29-31-54(48)55)57-51-26-10-6-22-45(51)46-23-7-11-27-52(46)57;1-4-14-38(15-5-1)40-18-10-20-42(32-40)44-22-12-24-46(34-44)48-28-30-53-51(36-48)52-37-49(29-31-54(52)55(53)50-26-8-3-9-27-50)47-25-13-23-45(35-47)43-21-11-19-41(33-43)39-16-6-2-7-17-39/h1-35H;1-37H. The molecule has 4 nitrogen and oxygen atoms in total. The third-order valence-electron chi connectivity index (χ3n) is 22.6. The summed E-state index contributed by atoms with van der Waals surface area (Å²) in [7, 11) is 0. The molecule has 0 saturated heterocycles. The highest BCUT2D eigenvalue weighted by atomic mass is 15.0. The first-order chi connectivity index (χ1) is 55.5. The lowest BCUT2D eigenvalue weighted by Gasteiger charge is -2.12. The maximum Gasteiger partial charge on any atom is 0.0542 e. The van der Waals surface area contributed by atoms with E-state index in [1.54, 1.807) is 0 Å². The van der Waals surface area contributed by atoms with Gasteiger partial charge in [0, 0.05) is 65.8 Å². The Kier molecular flexibility index (Phi) is 16.2. The van der Waals surface area contributed by atoms with Crippen LogP contribution in [0.5, 0.6) is 0 Å². The third kappa shape index (κ3) is 11.6. The fourth-order valence-electron chi connectivity index (χ4n) is 17.3. The highest BCUT2D eigenvalue weighted by Crippen LogP contribution is 2.44. The minimum Gasteiger partial charge on any atom is -0.309 e. The monoisotopic (exact) mass is 1420 g/mol. The maximum atomic E-state index is 2.44. The lowest BCUT2D eigenvalue weighted by atomic mass is 9.95. The zero-order valence-corrected chi connectivity index (χ0v) is 61.4. The molecule has 0 atom stereocenters. The van der Waals surface area contributed by atoms with Gasteiger partial charge in [0.25, 0.3) is 0 Å². The number of rotatable bonds is 12. The first-order valence-electron chi connectivity index (χ1n) is 38.5. The van der Waals surface area contributed by atoms with E-state index in [-0.39, 0.29) is 0 Å². The second kappa shape index (κ2) is 27.7. The minimum absolute atomic E-state index is 1.13. The van der Waals surface area contributed by atoms with E-state index in [4.69, 9.17) is 0 Å². The van der Waals surface area contributed by atoms with Gasteiger partial charge >= 0.3 is 0 Å². The molecule has 0 N–H and O–H groups in total. The number of hydrogen-bond donors (Lipinski definition) is 0. The van der Waals surface area contributed by atoms with Crippen LogP contribution in [0.1, 0.15) is 0 Å². The molecule has 524 valence electrons. The molecule has 0 aliphatic carbocycles. The largest absolute Gasteiger partial charge is 0.309 e. The van der Waals surface area contributed by atoms with E-state index in [1.807, 2.05) is 0 Å². The van der Waals surface area contributed by atoms with Crippen LogP contribution in [0.2, 0.25) is 0 Å². The Morgan fingerprint density at radius 3 is 0.616 bits per heavy atom. The molecular formula is C108H72N4. The van der Waals surface area contributed by atoms with Gasteiger partial charge in [-0.3, -0.25) is 0 Å². The molecule has 0 fully saturated rings. The summed E-state index contributed by atoms with van der Waals surface area (Å²) in [5.74, 6) is 0. The zero-order valence-electron chi connectivity index (χ0n) is 61.4. The van der Waals surface area contributed by atoms with Gasteiger partial charge in [-0.15, -0.1) is 0 Å². The van der Waals surface area contributed by atoms with Gasteiger partial charge in [-0.25, -0.2) is 0 Å². The lowest BCUT2D eigenvalue weighted by molar-refractivity contribution is 1.16. The van der Waals surface area contributed by atoms with Gasteiger partial charge in [0.2, 0.25) is 0 Å². The summed E-state index contributed by atoms with van der Waals surface area (Å²) in [6.07, 6.45) is 0. The van der Waals surface area contributed by atoms with Crippen molar-refractivity contribution in [2.75, 3.05) is 0 Å². The highest BCUT2D eigenvalue weighted by molar-refractivity contribution is 6.15. The van der Waals surface area contributed by atoms with E-state index in [9.17, 15) is 0 Å². The summed E-state index contributed by atoms with van der Waals surface area (Å²) in [6.45, 7) is 0. The van der Waals surface area contributed by atoms with Crippen molar-refractivity contribution in [2.45, 2.75) is 0 Å². The molecule has 0 aliphatic heterocycles. The quantitative estimate of drug-likeness (QED) is 0.116. The number of para-hydroxylation sites is 5. The number of nitrogens with zero attached hydrogens (tertiary/aromatic N) is 4. The van der Waals surface area contributed by atoms with Crippen molar-refractivity contribution in [1.82, 2.24) is 18.3 Å². The van der Waals surface area contributed by atoms with E-state index in [1.165, 1.54) is 176 Å². The fourth-order valence-corrected chi connectivity index (χ4v) is 17.3. The van der Waals surface area contributed by atoms with Crippen LogP contribution in [0.4, 0.5) is 0 Å². The van der Waals surface area contributed by atoms with Crippen molar-refractivity contribution >= 4 is 87.2 Å². The fraction of sp³-hybridized carbons (Fsp3) is 0. The predicted octanol–water partition coefficient (Wildman–Crippen LogP) is 29.1. The second-order valence-corrected chi connectivity index (χ2v) is 29.2. The molecule has 22 rings (SSSR count). The Morgan fingerprint density at radius 2 is 0.295 bits per heavy atom. The summed E-state index contributed by atoms with van der Waals surface area (Å²) in [4.78, 5) is 0. The molecule has 0 unspecified atom stereocenters. The Labute approximate surface area is 649 Å². The van der Waals surface area contributed by atoms with Gasteiger partial charge in [-0.05, 0) is 229 Å². The van der Waals surface area contributed by atoms with E-state index in [0.717, 1.165) is 22.7 Å². The van der Waals surface area contributed by atoms with Crippen LogP contribution in [0.15, 0.2) is 437 Å². The van der Waals surface area contributed by atoms with Crippen LogP contribution in [-0.2, 0) is 0 Å². The van der Waals surface area contributed by atoms with E-state index < -0.39 is 0 Å². The van der Waals surface area contributed by atoms with Crippen LogP contribution in [0.3, 0.4) is 0 Å². The Morgan fingerprint density at radius 1 is 0.0982 bits per heavy atom. The van der Waals surface area contributed by atoms with Crippen LogP contribution in [-0.4, -0.2) is 18.3 Å². The summed E-state index contributed by atoms with van der Waals surface area (Å²) in [6, 6.07) is 159. The van der Waals surface area contributed by atoms with Crippen LogP contribution < -0.4 is 0 Å². The average Bonchev–Trinajstić information content (AvgIpc) is 1.57. The van der Waals surface area contributed by atoms with Gasteiger partial charge in [-0.1, -0.05) is 297 Å². The molecular weight excluding hydrogens is 1350 g/mol. The summed E-state index contributed by atoms with van der Waals surface area (Å²) in [5, 5.41) is 9.94. The van der Waals surface area contributed by atoms with E-state index in [0.29, 0.717) is 0 Å². The van der Waals surface area contributed by atoms with Crippen LogP contribution in [0.25, 0.3) is 199 Å².